The number of hydrogen-bond donors (Lipinski definition) is 1. The van der Waals surface area contributed by atoms with E-state index in [4.69, 9.17) is 0 Å². The van der Waals surface area contributed by atoms with Gasteiger partial charge in [0.05, 0.1) is 12.1 Å². The predicted octanol–water partition coefficient (Wildman–Crippen LogP) is 1.09. The lowest BCUT2D eigenvalue weighted by Gasteiger charge is -2.29. The maximum absolute atomic E-state index is 12.3. The molecule has 0 aliphatic carbocycles. The van der Waals surface area contributed by atoms with E-state index in [1.165, 1.54) is 10.4 Å². The van der Waals surface area contributed by atoms with Gasteiger partial charge >= 0.3 is 0 Å². The molecule has 19 heavy (non-hydrogen) atoms. The third kappa shape index (κ3) is 2.83. The maximum atomic E-state index is 12.3. The van der Waals surface area contributed by atoms with Crippen molar-refractivity contribution in [3.8, 4) is 0 Å². The molecule has 1 fully saturated rings. The Hall–Kier alpha value is -0.910. The normalized spacial score (nSPS) is 27.6. The Labute approximate surface area is 117 Å². The molecule has 1 amide bonds. The molecule has 2 aliphatic rings. The van der Waals surface area contributed by atoms with Crippen molar-refractivity contribution in [1.82, 2.24) is 9.80 Å². The summed E-state index contributed by atoms with van der Waals surface area (Å²) in [5.41, 5.74) is 0.681. The molecule has 1 unspecified atom stereocenters. The van der Waals surface area contributed by atoms with Crippen molar-refractivity contribution < 1.29 is 9.90 Å². The first-order valence-corrected chi connectivity index (χ1v) is 7.69. The van der Waals surface area contributed by atoms with E-state index in [2.05, 4.69) is 16.3 Å². The van der Waals surface area contributed by atoms with Gasteiger partial charge in [-0.3, -0.25) is 9.69 Å². The first-order chi connectivity index (χ1) is 9.03. The molecule has 104 valence electrons. The second-order valence-electron chi connectivity index (χ2n) is 5.89. The fourth-order valence-corrected chi connectivity index (χ4v) is 3.82. The van der Waals surface area contributed by atoms with E-state index >= 15 is 0 Å². The number of β-amino-alcohol motifs (C(OH)–C–C–N with tert-alkyl or cyclic N) is 1. The Morgan fingerprint density at radius 3 is 3.11 bits per heavy atom. The zero-order valence-electron chi connectivity index (χ0n) is 11.3. The Bertz CT molecular complexity index is 484. The summed E-state index contributed by atoms with van der Waals surface area (Å²) in [6.45, 7) is 5.29. The lowest BCUT2D eigenvalue weighted by molar-refractivity contribution is -0.133. The van der Waals surface area contributed by atoms with Crippen molar-refractivity contribution in [1.29, 1.82) is 0 Å². The minimum Gasteiger partial charge on any atom is -0.389 e. The molecule has 0 spiro atoms. The molecule has 2 aliphatic heterocycles. The van der Waals surface area contributed by atoms with Crippen molar-refractivity contribution in [3.05, 3.63) is 21.9 Å². The van der Waals surface area contributed by atoms with E-state index in [-0.39, 0.29) is 5.91 Å². The highest BCUT2D eigenvalue weighted by Gasteiger charge is 2.33. The lowest BCUT2D eigenvalue weighted by Crippen LogP contribution is -2.42. The number of fused-ring (bicyclic) bond motifs is 1. The molecule has 5 heteroatoms. The highest BCUT2D eigenvalue weighted by molar-refractivity contribution is 7.10. The van der Waals surface area contributed by atoms with Crippen LogP contribution in [0, 0.1) is 0 Å². The van der Waals surface area contributed by atoms with Crippen molar-refractivity contribution in [2.24, 2.45) is 0 Å². The number of likely N-dealkylation sites (tertiary alicyclic amines) is 1. The van der Waals surface area contributed by atoms with Gasteiger partial charge in [0.2, 0.25) is 5.91 Å². The number of thiophene rings is 1. The highest BCUT2D eigenvalue weighted by atomic mass is 32.1. The van der Waals surface area contributed by atoms with Crippen LogP contribution in [0.5, 0.6) is 0 Å². The molecule has 0 aromatic carbocycles. The van der Waals surface area contributed by atoms with Crippen LogP contribution in [-0.4, -0.2) is 52.6 Å². The molecule has 3 rings (SSSR count). The van der Waals surface area contributed by atoms with E-state index in [1.807, 2.05) is 11.8 Å². The zero-order valence-corrected chi connectivity index (χ0v) is 12.1. The average molecular weight is 280 g/mol. The molecule has 1 saturated heterocycles. The largest absolute Gasteiger partial charge is 0.389 e. The number of rotatable bonds is 2. The second-order valence-corrected chi connectivity index (χ2v) is 6.89. The fourth-order valence-electron chi connectivity index (χ4n) is 2.93. The van der Waals surface area contributed by atoms with Crippen molar-refractivity contribution in [2.75, 3.05) is 26.2 Å². The number of hydrogen-bond acceptors (Lipinski definition) is 4. The molecular weight excluding hydrogens is 260 g/mol. The summed E-state index contributed by atoms with van der Waals surface area (Å²) in [6, 6.07) is 2.13. The Kier molecular flexibility index (Phi) is 3.37. The number of aliphatic hydroxyl groups is 1. The summed E-state index contributed by atoms with van der Waals surface area (Å²) < 4.78 is 0. The Balaban J connectivity index is 1.57. The SMILES string of the molecule is CC1(O)CCN(CC(=O)N2CCc3sccc3C2)C1. The Morgan fingerprint density at radius 1 is 1.53 bits per heavy atom. The monoisotopic (exact) mass is 280 g/mol. The van der Waals surface area contributed by atoms with E-state index in [0.717, 1.165) is 32.5 Å². The summed E-state index contributed by atoms with van der Waals surface area (Å²) >= 11 is 1.79. The van der Waals surface area contributed by atoms with Crippen LogP contribution in [0.25, 0.3) is 0 Å². The number of carbonyl (C=O) groups excluding carboxylic acids is 1. The van der Waals surface area contributed by atoms with Crippen LogP contribution in [0.4, 0.5) is 0 Å². The van der Waals surface area contributed by atoms with Crippen LogP contribution in [0.1, 0.15) is 23.8 Å². The van der Waals surface area contributed by atoms with Crippen LogP contribution < -0.4 is 0 Å². The molecule has 0 radical (unpaired) electrons. The molecule has 1 N–H and O–H groups in total. The summed E-state index contributed by atoms with van der Waals surface area (Å²) in [5, 5.41) is 12.0. The molecule has 3 heterocycles. The van der Waals surface area contributed by atoms with Gasteiger partial charge < -0.3 is 10.0 Å². The van der Waals surface area contributed by atoms with Gasteiger partial charge in [-0.1, -0.05) is 0 Å². The van der Waals surface area contributed by atoms with Crippen molar-refractivity contribution >= 4 is 17.2 Å². The molecule has 1 aromatic rings. The van der Waals surface area contributed by atoms with Crippen molar-refractivity contribution in [2.45, 2.75) is 31.9 Å². The molecule has 0 bridgehead atoms. The van der Waals surface area contributed by atoms with Crippen LogP contribution in [0.15, 0.2) is 11.4 Å². The van der Waals surface area contributed by atoms with Gasteiger partial charge in [-0.15, -0.1) is 11.3 Å². The van der Waals surface area contributed by atoms with Crippen molar-refractivity contribution in [3.63, 3.8) is 0 Å². The summed E-state index contributed by atoms with van der Waals surface area (Å²) in [5.74, 6) is 0.189. The van der Waals surface area contributed by atoms with Gasteiger partial charge in [-0.05, 0) is 36.8 Å². The van der Waals surface area contributed by atoms with Gasteiger partial charge in [0.25, 0.3) is 0 Å². The number of carbonyl (C=O) groups is 1. The first-order valence-electron chi connectivity index (χ1n) is 6.81. The van der Waals surface area contributed by atoms with E-state index in [1.54, 1.807) is 11.3 Å². The van der Waals surface area contributed by atoms with Gasteiger partial charge in [0, 0.05) is 31.1 Å². The Morgan fingerprint density at radius 2 is 2.37 bits per heavy atom. The maximum Gasteiger partial charge on any atom is 0.237 e. The second kappa shape index (κ2) is 4.89. The first kappa shape index (κ1) is 13.1. The quantitative estimate of drug-likeness (QED) is 0.882. The molecule has 4 nitrogen and oxygen atoms in total. The average Bonchev–Trinajstić information content (AvgIpc) is 2.94. The molecule has 1 atom stereocenters. The van der Waals surface area contributed by atoms with E-state index in [9.17, 15) is 9.90 Å². The number of amides is 1. The predicted molar refractivity (Wildman–Crippen MR) is 75.1 cm³/mol. The van der Waals surface area contributed by atoms with Crippen LogP contribution in [0.2, 0.25) is 0 Å². The third-order valence-electron chi connectivity index (χ3n) is 4.05. The molecular formula is C14H20N2O2S. The highest BCUT2D eigenvalue weighted by Crippen LogP contribution is 2.25. The zero-order chi connectivity index (χ0) is 13.5. The third-order valence-corrected chi connectivity index (χ3v) is 5.07. The van der Waals surface area contributed by atoms with Crippen LogP contribution >= 0.6 is 11.3 Å². The molecule has 0 saturated carbocycles. The van der Waals surface area contributed by atoms with Crippen LogP contribution in [0.3, 0.4) is 0 Å². The summed E-state index contributed by atoms with van der Waals surface area (Å²) in [4.78, 5) is 17.7. The summed E-state index contributed by atoms with van der Waals surface area (Å²) in [6.07, 6.45) is 1.74. The smallest absolute Gasteiger partial charge is 0.237 e. The minimum atomic E-state index is -0.622. The summed E-state index contributed by atoms with van der Waals surface area (Å²) in [7, 11) is 0. The van der Waals surface area contributed by atoms with Gasteiger partial charge in [-0.25, -0.2) is 0 Å². The van der Waals surface area contributed by atoms with Gasteiger partial charge in [0.1, 0.15) is 0 Å². The van der Waals surface area contributed by atoms with Gasteiger partial charge in [0.15, 0.2) is 0 Å². The fraction of sp³-hybridized carbons (Fsp3) is 0.643. The number of nitrogens with zero attached hydrogens (tertiary/aromatic N) is 2. The topological polar surface area (TPSA) is 43.8 Å². The van der Waals surface area contributed by atoms with E-state index in [0.29, 0.717) is 13.1 Å². The van der Waals surface area contributed by atoms with Crippen LogP contribution in [-0.2, 0) is 17.8 Å². The van der Waals surface area contributed by atoms with E-state index < -0.39 is 5.60 Å². The minimum absolute atomic E-state index is 0.189. The molecule has 1 aromatic heterocycles. The standard InChI is InChI=1S/C14H20N2O2S/c1-14(18)4-6-15(10-14)9-13(17)16-5-2-12-11(8-16)3-7-19-12/h3,7,18H,2,4-6,8-10H2,1H3. The lowest BCUT2D eigenvalue weighted by atomic mass is 10.1. The van der Waals surface area contributed by atoms with Gasteiger partial charge in [-0.2, -0.15) is 0 Å².